The van der Waals surface area contributed by atoms with E-state index in [0.717, 1.165) is 0 Å². The van der Waals surface area contributed by atoms with Crippen molar-refractivity contribution in [2.45, 2.75) is 37.2 Å². The maximum Gasteiger partial charge on any atom is 0.0365 e. The smallest absolute Gasteiger partial charge is 0.0365 e. The maximum atomic E-state index is 5.76. The van der Waals surface area contributed by atoms with Gasteiger partial charge in [0.05, 0.1) is 0 Å². The molecule has 0 spiro atoms. The summed E-state index contributed by atoms with van der Waals surface area (Å²) in [6.07, 6.45) is 0. The van der Waals surface area contributed by atoms with Crippen molar-refractivity contribution in [1.29, 1.82) is 0 Å². The number of rotatable bonds is 2. The molecule has 0 heterocycles. The molecule has 0 aromatic carbocycles. The van der Waals surface area contributed by atoms with E-state index in [2.05, 4.69) is 50.3 Å². The number of hydrogen-bond donors (Lipinski definition) is 1. The van der Waals surface area contributed by atoms with Gasteiger partial charge in [0.2, 0.25) is 0 Å². The fourth-order valence-electron chi connectivity index (χ4n) is 0.526. The topological polar surface area (TPSA) is 26.0 Å². The summed E-state index contributed by atoms with van der Waals surface area (Å²) in [5.74, 6) is 0.651. The van der Waals surface area contributed by atoms with Gasteiger partial charge >= 0.3 is 0 Å². The molecule has 0 aromatic rings. The van der Waals surface area contributed by atoms with Crippen molar-refractivity contribution in [3.8, 4) is 0 Å². The Morgan fingerprint density at radius 2 is 1.67 bits per heavy atom. The quantitative estimate of drug-likeness (QED) is 0.582. The molecule has 0 saturated heterocycles. The van der Waals surface area contributed by atoms with E-state index in [4.69, 9.17) is 5.73 Å². The molecule has 1 nitrogen and oxygen atoms in total. The Labute approximate surface area is 71.5 Å². The first-order valence-corrected chi connectivity index (χ1v) is 4.41. The predicted molar refractivity (Wildman–Crippen MR) is 50.9 cm³/mol. The third-order valence-electron chi connectivity index (χ3n) is 2.02. The van der Waals surface area contributed by atoms with E-state index in [9.17, 15) is 0 Å². The lowest BCUT2D eigenvalue weighted by Gasteiger charge is -2.30. The van der Waals surface area contributed by atoms with Crippen LogP contribution in [-0.2, 0) is 0 Å². The first kappa shape index (κ1) is 9.69. The molecule has 0 aliphatic heterocycles. The Morgan fingerprint density at radius 3 is 1.67 bits per heavy atom. The van der Waals surface area contributed by atoms with Crippen LogP contribution in [0.5, 0.6) is 0 Å². The first-order valence-electron chi connectivity index (χ1n) is 3.33. The highest BCUT2D eigenvalue weighted by Gasteiger charge is 2.28. The van der Waals surface area contributed by atoms with Gasteiger partial charge in [0, 0.05) is 9.46 Å². The van der Waals surface area contributed by atoms with Crippen LogP contribution in [0.3, 0.4) is 0 Å². The highest BCUT2D eigenvalue weighted by molar-refractivity contribution is 14.1. The molecule has 56 valence electrons. The van der Waals surface area contributed by atoms with E-state index in [-0.39, 0.29) is 9.46 Å². The fraction of sp³-hybridized carbons (Fsp3) is 1.00. The number of alkyl halides is 1. The lowest BCUT2D eigenvalue weighted by molar-refractivity contribution is 0.430. The van der Waals surface area contributed by atoms with E-state index >= 15 is 0 Å². The molecule has 0 radical (unpaired) electrons. The Hall–Kier alpha value is 0.690. The van der Waals surface area contributed by atoms with Crippen molar-refractivity contribution in [2.75, 3.05) is 0 Å². The molecule has 2 N–H and O–H groups in total. The Balaban J connectivity index is 4.01. The molecule has 0 aliphatic carbocycles. The highest BCUT2D eigenvalue weighted by Crippen LogP contribution is 2.29. The number of hydrogen-bond acceptors (Lipinski definition) is 1. The van der Waals surface area contributed by atoms with Gasteiger partial charge in [-0.15, -0.1) is 0 Å². The van der Waals surface area contributed by atoms with Gasteiger partial charge in [0.25, 0.3) is 0 Å². The van der Waals surface area contributed by atoms with Crippen LogP contribution in [0.1, 0.15) is 27.7 Å². The van der Waals surface area contributed by atoms with Crippen molar-refractivity contribution in [3.63, 3.8) is 0 Å². The van der Waals surface area contributed by atoms with E-state index in [1.54, 1.807) is 0 Å². The van der Waals surface area contributed by atoms with Crippen LogP contribution in [0, 0.1) is 5.92 Å². The van der Waals surface area contributed by atoms with E-state index in [1.165, 1.54) is 0 Å². The third kappa shape index (κ3) is 2.42. The van der Waals surface area contributed by atoms with Gasteiger partial charge in [-0.05, 0) is 19.8 Å². The second kappa shape index (κ2) is 3.19. The zero-order valence-electron chi connectivity index (χ0n) is 6.61. The number of halogens is 1. The fourth-order valence-corrected chi connectivity index (χ4v) is 0.526. The Kier molecular flexibility index (Phi) is 3.44. The van der Waals surface area contributed by atoms with Gasteiger partial charge in [-0.1, -0.05) is 36.4 Å². The van der Waals surface area contributed by atoms with Gasteiger partial charge in [-0.3, -0.25) is 0 Å². The Morgan fingerprint density at radius 1 is 1.33 bits per heavy atom. The molecular weight excluding hydrogens is 225 g/mol. The minimum atomic E-state index is 0.248. The molecule has 0 rings (SSSR count). The lowest BCUT2D eigenvalue weighted by atomic mass is 9.92. The summed E-state index contributed by atoms with van der Waals surface area (Å²) in [6.45, 7) is 8.67. The maximum absolute atomic E-state index is 5.76. The largest absolute Gasteiger partial charge is 0.327 e. The van der Waals surface area contributed by atoms with Crippen LogP contribution in [-0.4, -0.2) is 9.46 Å². The van der Waals surface area contributed by atoms with Crippen LogP contribution in [0.15, 0.2) is 0 Å². The van der Waals surface area contributed by atoms with Crippen LogP contribution < -0.4 is 5.73 Å². The standard InChI is InChI=1S/C7H16IN/c1-5(2)7(4,8)6(3)9/h5-6H,9H2,1-4H3. The highest BCUT2D eigenvalue weighted by atomic mass is 127. The molecule has 0 fully saturated rings. The van der Waals surface area contributed by atoms with Crippen LogP contribution >= 0.6 is 22.6 Å². The zero-order chi connectivity index (χ0) is 7.65. The molecule has 2 heteroatoms. The second-order valence-electron chi connectivity index (χ2n) is 3.09. The van der Waals surface area contributed by atoms with E-state index in [1.807, 2.05) is 0 Å². The average Bonchev–Trinajstić information content (AvgIpc) is 1.65. The summed E-state index contributed by atoms with van der Waals surface area (Å²) < 4.78 is 0.248. The minimum Gasteiger partial charge on any atom is -0.327 e. The molecule has 2 atom stereocenters. The summed E-state index contributed by atoms with van der Waals surface area (Å²) >= 11 is 2.43. The third-order valence-corrected chi connectivity index (χ3v) is 4.25. The second-order valence-corrected chi connectivity index (χ2v) is 5.42. The van der Waals surface area contributed by atoms with Crippen molar-refractivity contribution in [2.24, 2.45) is 11.7 Å². The summed E-state index contributed by atoms with van der Waals surface area (Å²) in [5, 5.41) is 0. The molecule has 0 aromatic heterocycles. The first-order chi connectivity index (χ1) is 3.89. The molecule has 0 aliphatic rings. The van der Waals surface area contributed by atoms with Crippen LogP contribution in [0.4, 0.5) is 0 Å². The van der Waals surface area contributed by atoms with Gasteiger partial charge in [-0.25, -0.2) is 0 Å². The van der Waals surface area contributed by atoms with E-state index in [0.29, 0.717) is 5.92 Å². The zero-order valence-corrected chi connectivity index (χ0v) is 8.77. The average molecular weight is 241 g/mol. The monoisotopic (exact) mass is 241 g/mol. The van der Waals surface area contributed by atoms with E-state index < -0.39 is 0 Å². The minimum absolute atomic E-state index is 0.248. The van der Waals surface area contributed by atoms with Gasteiger partial charge in [0.15, 0.2) is 0 Å². The SMILES string of the molecule is CC(C)C(C)(I)C(C)N. The lowest BCUT2D eigenvalue weighted by Crippen LogP contribution is -2.41. The van der Waals surface area contributed by atoms with Crippen LogP contribution in [0.2, 0.25) is 0 Å². The summed E-state index contributed by atoms with van der Waals surface area (Å²) in [4.78, 5) is 0. The normalized spacial score (nSPS) is 21.7. The van der Waals surface area contributed by atoms with Crippen molar-refractivity contribution in [1.82, 2.24) is 0 Å². The predicted octanol–water partition coefficient (Wildman–Crippen LogP) is 2.18. The van der Waals surface area contributed by atoms with Gasteiger partial charge in [0.1, 0.15) is 0 Å². The molecule has 2 unspecified atom stereocenters. The number of nitrogens with two attached hydrogens (primary N) is 1. The Bertz CT molecular complexity index is 76.9. The van der Waals surface area contributed by atoms with Gasteiger partial charge in [-0.2, -0.15) is 0 Å². The van der Waals surface area contributed by atoms with Crippen molar-refractivity contribution >= 4 is 22.6 Å². The summed E-state index contributed by atoms with van der Waals surface area (Å²) in [5.41, 5.74) is 5.76. The molecule has 9 heavy (non-hydrogen) atoms. The summed E-state index contributed by atoms with van der Waals surface area (Å²) in [7, 11) is 0. The molecule has 0 saturated carbocycles. The van der Waals surface area contributed by atoms with Crippen molar-refractivity contribution < 1.29 is 0 Å². The molecule has 0 bridgehead atoms. The van der Waals surface area contributed by atoms with Gasteiger partial charge < -0.3 is 5.73 Å². The molecular formula is C7H16IN. The summed E-state index contributed by atoms with van der Waals surface area (Å²) in [6, 6.07) is 0.276. The van der Waals surface area contributed by atoms with Crippen LogP contribution in [0.25, 0.3) is 0 Å². The van der Waals surface area contributed by atoms with Crippen molar-refractivity contribution in [3.05, 3.63) is 0 Å². The molecule has 0 amide bonds.